The largest absolute Gasteiger partial charge is 0.493 e. The maximum absolute atomic E-state index is 11.3. The lowest BCUT2D eigenvalue weighted by atomic mass is 10.1. The molecule has 1 aromatic carbocycles. The van der Waals surface area contributed by atoms with E-state index < -0.39 is 11.8 Å². The van der Waals surface area contributed by atoms with Crippen molar-refractivity contribution in [2.75, 3.05) is 13.7 Å². The van der Waals surface area contributed by atoms with Crippen LogP contribution in [0.4, 0.5) is 0 Å². The van der Waals surface area contributed by atoms with Crippen LogP contribution in [0.25, 0.3) is 0 Å². The number of hydrogen-bond acceptors (Lipinski definition) is 4. The summed E-state index contributed by atoms with van der Waals surface area (Å²) in [5.41, 5.74) is 0.510. The Morgan fingerprint density at radius 3 is 2.53 bits per heavy atom. The number of ketones is 1. The molecule has 5 heteroatoms. The molecule has 0 amide bonds. The predicted molar refractivity (Wildman–Crippen MR) is 69.7 cm³/mol. The van der Waals surface area contributed by atoms with Crippen LogP contribution >= 0.6 is 0 Å². The molecule has 1 aromatic rings. The van der Waals surface area contributed by atoms with E-state index in [-0.39, 0.29) is 6.42 Å². The summed E-state index contributed by atoms with van der Waals surface area (Å²) in [7, 11) is 1.46. The Balaban J connectivity index is 2.95. The first-order valence-corrected chi connectivity index (χ1v) is 6.00. The average Bonchev–Trinajstić information content (AvgIpc) is 2.36. The number of hydrogen-bond donors (Lipinski definition) is 1. The highest BCUT2D eigenvalue weighted by atomic mass is 16.5. The van der Waals surface area contributed by atoms with Gasteiger partial charge in [0, 0.05) is 12.0 Å². The molecule has 0 bridgehead atoms. The molecular weight excluding hydrogens is 248 g/mol. The third kappa shape index (κ3) is 4.28. The summed E-state index contributed by atoms with van der Waals surface area (Å²) in [5, 5.41) is 8.63. The van der Waals surface area contributed by atoms with Gasteiger partial charge >= 0.3 is 5.97 Å². The lowest BCUT2D eigenvalue weighted by Crippen LogP contribution is -2.16. The van der Waals surface area contributed by atoms with Crippen molar-refractivity contribution in [1.29, 1.82) is 0 Å². The second-order valence-electron chi connectivity index (χ2n) is 4.56. The maximum Gasteiger partial charge on any atom is 0.372 e. The minimum absolute atomic E-state index is 0.211. The lowest BCUT2D eigenvalue weighted by Gasteiger charge is -2.15. The molecule has 0 unspecified atom stereocenters. The van der Waals surface area contributed by atoms with Crippen molar-refractivity contribution in [3.8, 4) is 11.5 Å². The van der Waals surface area contributed by atoms with E-state index in [2.05, 4.69) is 0 Å². The monoisotopic (exact) mass is 266 g/mol. The summed E-state index contributed by atoms with van der Waals surface area (Å²) < 4.78 is 10.8. The van der Waals surface area contributed by atoms with Gasteiger partial charge in [-0.1, -0.05) is 26.0 Å². The number of methoxy groups -OCH3 is 1. The van der Waals surface area contributed by atoms with E-state index in [9.17, 15) is 9.59 Å². The molecule has 0 saturated carbocycles. The van der Waals surface area contributed by atoms with Crippen LogP contribution in [-0.2, 0) is 16.0 Å². The highest BCUT2D eigenvalue weighted by molar-refractivity contribution is 6.33. The normalized spacial score (nSPS) is 10.3. The number of ether oxygens (including phenoxy) is 2. The van der Waals surface area contributed by atoms with Crippen molar-refractivity contribution >= 4 is 11.8 Å². The summed E-state index contributed by atoms with van der Waals surface area (Å²) in [6.07, 6.45) is -0.211. The minimum atomic E-state index is -1.45. The Labute approximate surface area is 112 Å². The Bertz CT molecular complexity index is 465. The zero-order valence-electron chi connectivity index (χ0n) is 11.3. The van der Waals surface area contributed by atoms with Gasteiger partial charge < -0.3 is 14.6 Å². The fourth-order valence-corrected chi connectivity index (χ4v) is 1.55. The fraction of sp³-hybridized carbons (Fsp3) is 0.429. The van der Waals surface area contributed by atoms with Crippen molar-refractivity contribution in [3.63, 3.8) is 0 Å². The molecule has 0 aliphatic carbocycles. The van der Waals surface area contributed by atoms with Crippen molar-refractivity contribution in [1.82, 2.24) is 0 Å². The predicted octanol–water partition coefficient (Wildman–Crippen LogP) is 1.93. The molecule has 104 valence electrons. The van der Waals surface area contributed by atoms with Crippen LogP contribution in [0.2, 0.25) is 0 Å². The van der Waals surface area contributed by atoms with Gasteiger partial charge in [-0.05, 0) is 12.0 Å². The highest BCUT2D eigenvalue weighted by Gasteiger charge is 2.17. The van der Waals surface area contributed by atoms with Gasteiger partial charge in [-0.2, -0.15) is 0 Å². The fourth-order valence-electron chi connectivity index (χ4n) is 1.55. The molecule has 0 heterocycles. The van der Waals surface area contributed by atoms with Gasteiger partial charge in [-0.3, -0.25) is 4.79 Å². The molecule has 0 aliphatic heterocycles. The van der Waals surface area contributed by atoms with Crippen molar-refractivity contribution in [2.24, 2.45) is 5.92 Å². The molecule has 0 aliphatic rings. The molecule has 0 aromatic heterocycles. The third-order valence-electron chi connectivity index (χ3n) is 2.43. The van der Waals surface area contributed by atoms with E-state index in [0.29, 0.717) is 29.6 Å². The molecule has 0 saturated heterocycles. The van der Waals surface area contributed by atoms with Gasteiger partial charge in [0.25, 0.3) is 0 Å². The molecule has 0 fully saturated rings. The summed E-state index contributed by atoms with van der Waals surface area (Å²) in [6.45, 7) is 4.56. The summed E-state index contributed by atoms with van der Waals surface area (Å²) in [5.74, 6) is -1.03. The van der Waals surface area contributed by atoms with Gasteiger partial charge in [0.05, 0.1) is 13.7 Å². The number of para-hydroxylation sites is 1. The topological polar surface area (TPSA) is 72.8 Å². The summed E-state index contributed by atoms with van der Waals surface area (Å²) in [4.78, 5) is 21.8. The quantitative estimate of drug-likeness (QED) is 0.763. The zero-order chi connectivity index (χ0) is 14.4. The van der Waals surface area contributed by atoms with Crippen LogP contribution in [0.3, 0.4) is 0 Å². The first kappa shape index (κ1) is 15.0. The van der Waals surface area contributed by atoms with E-state index in [1.807, 2.05) is 13.8 Å². The van der Waals surface area contributed by atoms with Crippen LogP contribution in [0.15, 0.2) is 18.2 Å². The van der Waals surface area contributed by atoms with Crippen LogP contribution < -0.4 is 9.47 Å². The zero-order valence-corrected chi connectivity index (χ0v) is 11.3. The van der Waals surface area contributed by atoms with Crippen LogP contribution in [0.5, 0.6) is 11.5 Å². The van der Waals surface area contributed by atoms with Gasteiger partial charge in [-0.15, -0.1) is 0 Å². The van der Waals surface area contributed by atoms with Gasteiger partial charge in [0.15, 0.2) is 11.5 Å². The molecule has 19 heavy (non-hydrogen) atoms. The number of benzene rings is 1. The Morgan fingerprint density at radius 1 is 1.32 bits per heavy atom. The molecule has 0 radical (unpaired) electrons. The van der Waals surface area contributed by atoms with Gasteiger partial charge in [-0.25, -0.2) is 4.79 Å². The van der Waals surface area contributed by atoms with E-state index in [0.717, 1.165) is 0 Å². The van der Waals surface area contributed by atoms with Crippen LogP contribution in [-0.4, -0.2) is 30.6 Å². The molecule has 0 spiro atoms. The number of Topliss-reactive ketones (excluding diaryl/α,β-unsaturated/α-hetero) is 1. The molecule has 5 nitrogen and oxygen atoms in total. The minimum Gasteiger partial charge on any atom is -0.493 e. The van der Waals surface area contributed by atoms with Crippen LogP contribution in [0, 0.1) is 5.92 Å². The second-order valence-corrected chi connectivity index (χ2v) is 4.56. The molecule has 0 atom stereocenters. The second kappa shape index (κ2) is 6.78. The molecule has 1 rings (SSSR count). The maximum atomic E-state index is 11.3. The van der Waals surface area contributed by atoms with Crippen molar-refractivity contribution in [3.05, 3.63) is 23.8 Å². The first-order valence-electron chi connectivity index (χ1n) is 6.00. The number of carboxylic acids is 1. The van der Waals surface area contributed by atoms with Gasteiger partial charge in [0.1, 0.15) is 0 Å². The average molecular weight is 266 g/mol. The third-order valence-corrected chi connectivity index (χ3v) is 2.43. The smallest absolute Gasteiger partial charge is 0.372 e. The van der Waals surface area contributed by atoms with Crippen molar-refractivity contribution in [2.45, 2.75) is 20.3 Å². The van der Waals surface area contributed by atoms with E-state index in [4.69, 9.17) is 14.6 Å². The molecular formula is C14H18O5. The number of carbonyl (C=O) groups excluding carboxylic acids is 1. The summed E-state index contributed by atoms with van der Waals surface area (Å²) >= 11 is 0. The van der Waals surface area contributed by atoms with Crippen molar-refractivity contribution < 1.29 is 24.2 Å². The highest BCUT2D eigenvalue weighted by Crippen LogP contribution is 2.31. The number of carbonyl (C=O) groups is 2. The Hall–Kier alpha value is -2.04. The standard InChI is InChI=1S/C14H18O5/c1-9(2)8-19-12-6-4-5-10(13(12)18-3)7-11(15)14(16)17/h4-6,9H,7-8H2,1-3H3,(H,16,17). The van der Waals surface area contributed by atoms with Gasteiger partial charge in [0.2, 0.25) is 5.78 Å². The van der Waals surface area contributed by atoms with E-state index in [1.165, 1.54) is 7.11 Å². The van der Waals surface area contributed by atoms with E-state index >= 15 is 0 Å². The SMILES string of the molecule is COc1c(CC(=O)C(=O)O)cccc1OCC(C)C. The number of rotatable bonds is 7. The molecule has 1 N–H and O–H groups in total. The van der Waals surface area contributed by atoms with E-state index in [1.54, 1.807) is 18.2 Å². The lowest BCUT2D eigenvalue weighted by molar-refractivity contribution is -0.148. The first-order chi connectivity index (χ1) is 8.95. The van der Waals surface area contributed by atoms with Crippen LogP contribution in [0.1, 0.15) is 19.4 Å². The number of carboxylic acid groups (broad SMARTS) is 1. The Kier molecular flexibility index (Phi) is 5.36. The Morgan fingerprint density at radius 2 is 2.00 bits per heavy atom. The summed E-state index contributed by atoms with van der Waals surface area (Å²) in [6, 6.07) is 5.10. The number of aliphatic carboxylic acids is 1.